The van der Waals surface area contributed by atoms with E-state index in [2.05, 4.69) is 5.32 Å². The fourth-order valence-corrected chi connectivity index (χ4v) is 1.04. The van der Waals surface area contributed by atoms with Crippen LogP contribution in [0.15, 0.2) is 0 Å². The van der Waals surface area contributed by atoms with E-state index in [4.69, 9.17) is 4.74 Å². The summed E-state index contributed by atoms with van der Waals surface area (Å²) in [5.74, 6) is -0.298. The highest BCUT2D eigenvalue weighted by Gasteiger charge is 2.15. The van der Waals surface area contributed by atoms with Gasteiger partial charge >= 0.3 is 12.0 Å². The van der Waals surface area contributed by atoms with Crippen molar-refractivity contribution >= 4 is 12.0 Å². The molecule has 6 heteroatoms. The minimum absolute atomic E-state index is 0.194. The van der Waals surface area contributed by atoms with Gasteiger partial charge in [0, 0.05) is 27.7 Å². The van der Waals surface area contributed by atoms with Gasteiger partial charge in [-0.2, -0.15) is 0 Å². The SMILES string of the molecule is CCOC(=O)CCN(C(=O)NC)N(C)C. The Morgan fingerprint density at radius 3 is 2.33 bits per heavy atom. The Hall–Kier alpha value is -1.30. The summed E-state index contributed by atoms with van der Waals surface area (Å²) in [6.45, 7) is 2.42. The van der Waals surface area contributed by atoms with Crippen LogP contribution in [0.1, 0.15) is 13.3 Å². The van der Waals surface area contributed by atoms with Crippen molar-refractivity contribution in [2.45, 2.75) is 13.3 Å². The van der Waals surface area contributed by atoms with Crippen molar-refractivity contribution < 1.29 is 14.3 Å². The Bertz CT molecular complexity index is 219. The zero-order valence-corrected chi connectivity index (χ0v) is 9.74. The van der Waals surface area contributed by atoms with E-state index in [9.17, 15) is 9.59 Å². The average Bonchev–Trinajstić information content (AvgIpc) is 2.17. The normalized spacial score (nSPS) is 9.93. The fraction of sp³-hybridized carbons (Fsp3) is 0.778. The zero-order chi connectivity index (χ0) is 11.8. The van der Waals surface area contributed by atoms with E-state index in [-0.39, 0.29) is 18.4 Å². The molecule has 0 aromatic heterocycles. The van der Waals surface area contributed by atoms with Crippen LogP contribution in [-0.2, 0) is 9.53 Å². The lowest BCUT2D eigenvalue weighted by atomic mass is 10.4. The van der Waals surface area contributed by atoms with Gasteiger partial charge in [0.05, 0.1) is 13.0 Å². The fourth-order valence-electron chi connectivity index (χ4n) is 1.04. The van der Waals surface area contributed by atoms with Crippen LogP contribution in [-0.4, -0.2) is 56.3 Å². The number of amides is 2. The van der Waals surface area contributed by atoms with Gasteiger partial charge in [-0.3, -0.25) is 9.80 Å². The van der Waals surface area contributed by atoms with E-state index < -0.39 is 0 Å². The molecule has 6 nitrogen and oxygen atoms in total. The molecule has 0 aliphatic rings. The molecule has 15 heavy (non-hydrogen) atoms. The maximum atomic E-state index is 11.3. The van der Waals surface area contributed by atoms with Crippen LogP contribution in [0.2, 0.25) is 0 Å². The van der Waals surface area contributed by atoms with Crippen LogP contribution in [0.4, 0.5) is 4.79 Å². The zero-order valence-electron chi connectivity index (χ0n) is 9.74. The molecule has 0 unspecified atom stereocenters. The quantitative estimate of drug-likeness (QED) is 0.522. The first kappa shape index (κ1) is 13.7. The largest absolute Gasteiger partial charge is 0.466 e. The number of hydrogen-bond donors (Lipinski definition) is 1. The smallest absolute Gasteiger partial charge is 0.331 e. The number of carbonyl (C=O) groups excluding carboxylic acids is 2. The number of hydrazine groups is 1. The van der Waals surface area contributed by atoms with Gasteiger partial charge in [-0.15, -0.1) is 0 Å². The molecule has 0 aromatic rings. The number of carbonyl (C=O) groups is 2. The van der Waals surface area contributed by atoms with Gasteiger partial charge in [0.15, 0.2) is 0 Å². The second-order valence-corrected chi connectivity index (χ2v) is 3.08. The highest BCUT2D eigenvalue weighted by Crippen LogP contribution is 1.96. The van der Waals surface area contributed by atoms with E-state index in [0.29, 0.717) is 13.2 Å². The van der Waals surface area contributed by atoms with Crippen LogP contribution < -0.4 is 5.32 Å². The van der Waals surface area contributed by atoms with Crippen LogP contribution >= 0.6 is 0 Å². The van der Waals surface area contributed by atoms with Crippen molar-refractivity contribution in [2.24, 2.45) is 0 Å². The predicted octanol–water partition coefficient (Wildman–Crippen LogP) is 0.0576. The monoisotopic (exact) mass is 217 g/mol. The van der Waals surface area contributed by atoms with Crippen molar-refractivity contribution in [1.82, 2.24) is 15.3 Å². The molecule has 0 saturated carbocycles. The molecule has 1 N–H and O–H groups in total. The molecule has 0 fully saturated rings. The average molecular weight is 217 g/mol. The Balaban J connectivity index is 4.07. The minimum Gasteiger partial charge on any atom is -0.466 e. The first-order valence-electron chi connectivity index (χ1n) is 4.85. The Morgan fingerprint density at radius 1 is 1.33 bits per heavy atom. The van der Waals surface area contributed by atoms with Gasteiger partial charge in [-0.05, 0) is 6.92 Å². The van der Waals surface area contributed by atoms with E-state index in [1.165, 1.54) is 5.01 Å². The van der Waals surface area contributed by atoms with Crippen LogP contribution in [0.25, 0.3) is 0 Å². The summed E-state index contributed by atoms with van der Waals surface area (Å²) in [6.07, 6.45) is 0.194. The van der Waals surface area contributed by atoms with Crippen molar-refractivity contribution in [3.8, 4) is 0 Å². The maximum Gasteiger partial charge on any atom is 0.331 e. The van der Waals surface area contributed by atoms with Crippen LogP contribution in [0.3, 0.4) is 0 Å². The molecule has 0 aliphatic carbocycles. The summed E-state index contributed by atoms with van der Waals surface area (Å²) < 4.78 is 4.77. The van der Waals surface area contributed by atoms with E-state index in [1.54, 1.807) is 33.1 Å². The van der Waals surface area contributed by atoms with Gasteiger partial charge < -0.3 is 10.1 Å². The molecule has 0 aromatic carbocycles. The van der Waals surface area contributed by atoms with Gasteiger partial charge in [0.2, 0.25) is 0 Å². The molecule has 0 saturated heterocycles. The highest BCUT2D eigenvalue weighted by atomic mass is 16.5. The third kappa shape index (κ3) is 5.21. The van der Waals surface area contributed by atoms with E-state index in [0.717, 1.165) is 0 Å². The minimum atomic E-state index is -0.298. The third-order valence-corrected chi connectivity index (χ3v) is 1.76. The molecular formula is C9H19N3O3. The topological polar surface area (TPSA) is 61.9 Å². The Labute approximate surface area is 90.1 Å². The first-order chi connectivity index (χ1) is 7.02. The Kier molecular flexibility index (Phi) is 6.44. The summed E-state index contributed by atoms with van der Waals surface area (Å²) >= 11 is 0. The molecule has 0 radical (unpaired) electrons. The molecule has 2 amide bonds. The summed E-state index contributed by atoms with van der Waals surface area (Å²) in [5.41, 5.74) is 0. The molecule has 0 bridgehead atoms. The molecule has 0 spiro atoms. The number of nitrogens with zero attached hydrogens (tertiary/aromatic N) is 2. The number of nitrogens with one attached hydrogen (secondary N) is 1. The first-order valence-corrected chi connectivity index (χ1v) is 4.85. The van der Waals surface area contributed by atoms with Crippen molar-refractivity contribution in [2.75, 3.05) is 34.3 Å². The standard InChI is InChI=1S/C9H19N3O3/c1-5-15-8(13)6-7-12(11(3)4)9(14)10-2/h5-7H2,1-4H3,(H,10,14). The number of hydrogen-bond acceptors (Lipinski definition) is 4. The van der Waals surface area contributed by atoms with Crippen LogP contribution in [0, 0.1) is 0 Å². The van der Waals surface area contributed by atoms with Crippen molar-refractivity contribution in [1.29, 1.82) is 0 Å². The highest BCUT2D eigenvalue weighted by molar-refractivity contribution is 5.74. The summed E-state index contributed by atoms with van der Waals surface area (Å²) in [4.78, 5) is 22.4. The maximum absolute atomic E-state index is 11.3. The summed E-state index contributed by atoms with van der Waals surface area (Å²) in [6, 6.07) is -0.246. The number of ether oxygens (including phenoxy) is 1. The van der Waals surface area contributed by atoms with Gasteiger partial charge in [-0.25, -0.2) is 9.80 Å². The molecule has 0 rings (SSSR count). The van der Waals surface area contributed by atoms with Gasteiger partial charge in [0.25, 0.3) is 0 Å². The van der Waals surface area contributed by atoms with Crippen molar-refractivity contribution in [3.63, 3.8) is 0 Å². The lowest BCUT2D eigenvalue weighted by Crippen LogP contribution is -2.47. The predicted molar refractivity (Wildman–Crippen MR) is 56.1 cm³/mol. The van der Waals surface area contributed by atoms with Gasteiger partial charge in [-0.1, -0.05) is 0 Å². The molecule has 0 heterocycles. The van der Waals surface area contributed by atoms with Gasteiger partial charge in [0.1, 0.15) is 0 Å². The second kappa shape index (κ2) is 7.05. The van der Waals surface area contributed by atoms with Crippen molar-refractivity contribution in [3.05, 3.63) is 0 Å². The number of rotatable bonds is 5. The summed E-state index contributed by atoms with van der Waals surface area (Å²) in [7, 11) is 5.02. The van der Waals surface area contributed by atoms with Crippen LogP contribution in [0.5, 0.6) is 0 Å². The molecule has 0 atom stereocenters. The molecular weight excluding hydrogens is 198 g/mol. The second-order valence-electron chi connectivity index (χ2n) is 3.08. The lowest BCUT2D eigenvalue weighted by molar-refractivity contribution is -0.143. The van der Waals surface area contributed by atoms with E-state index >= 15 is 0 Å². The molecule has 0 aliphatic heterocycles. The Morgan fingerprint density at radius 2 is 1.93 bits per heavy atom. The summed E-state index contributed by atoms with van der Waals surface area (Å²) in [5, 5.41) is 5.55. The number of esters is 1. The van der Waals surface area contributed by atoms with E-state index in [1.807, 2.05) is 0 Å². The third-order valence-electron chi connectivity index (χ3n) is 1.76. The number of urea groups is 1. The molecule has 88 valence electrons. The lowest BCUT2D eigenvalue weighted by Gasteiger charge is -2.27.